The number of hydrogen-bond donors (Lipinski definition) is 2. The molecule has 13 heteroatoms. The van der Waals surface area contributed by atoms with Gasteiger partial charge in [-0.15, -0.1) is 11.8 Å². The SMILES string of the molecule is Cc1c(Cl)cccc1OCCOC(=O)N1CCSc2c(-c3cnn(Cc4cccc(C(=O)NCCC(=O)O)c4Cl)c3)cccc21. The highest BCUT2D eigenvalue weighted by molar-refractivity contribution is 7.99. The summed E-state index contributed by atoms with van der Waals surface area (Å²) < 4.78 is 13.0. The lowest BCUT2D eigenvalue weighted by Gasteiger charge is -2.29. The zero-order chi connectivity index (χ0) is 31.9. The second-order valence-electron chi connectivity index (χ2n) is 10.1. The normalized spacial score (nSPS) is 12.4. The maximum Gasteiger partial charge on any atom is 0.414 e. The first-order valence-electron chi connectivity index (χ1n) is 14.1. The van der Waals surface area contributed by atoms with Crippen molar-refractivity contribution < 1.29 is 29.0 Å². The van der Waals surface area contributed by atoms with Crippen LogP contribution >= 0.6 is 35.0 Å². The summed E-state index contributed by atoms with van der Waals surface area (Å²) in [6, 6.07) is 16.3. The third-order valence-electron chi connectivity index (χ3n) is 7.08. The van der Waals surface area contributed by atoms with E-state index in [1.54, 1.807) is 45.7 Å². The van der Waals surface area contributed by atoms with Crippen molar-refractivity contribution in [3.8, 4) is 16.9 Å². The smallest absolute Gasteiger partial charge is 0.414 e. The second kappa shape index (κ2) is 14.7. The van der Waals surface area contributed by atoms with Gasteiger partial charge in [-0.05, 0) is 36.8 Å². The van der Waals surface area contributed by atoms with E-state index < -0.39 is 18.0 Å². The molecule has 0 aliphatic carbocycles. The first-order valence-corrected chi connectivity index (χ1v) is 15.8. The second-order valence-corrected chi connectivity index (χ2v) is 12.0. The zero-order valence-electron chi connectivity index (χ0n) is 24.3. The Hall–Kier alpha value is -4.19. The largest absolute Gasteiger partial charge is 0.490 e. The van der Waals surface area contributed by atoms with Crippen molar-refractivity contribution in [1.82, 2.24) is 15.1 Å². The van der Waals surface area contributed by atoms with Gasteiger partial charge in [-0.25, -0.2) is 4.79 Å². The lowest BCUT2D eigenvalue weighted by molar-refractivity contribution is -0.136. The van der Waals surface area contributed by atoms with Gasteiger partial charge in [-0.3, -0.25) is 19.2 Å². The zero-order valence-corrected chi connectivity index (χ0v) is 26.6. The first-order chi connectivity index (χ1) is 21.7. The molecule has 2 amide bonds. The molecule has 0 fully saturated rings. The van der Waals surface area contributed by atoms with Crippen LogP contribution in [0, 0.1) is 6.92 Å². The number of carbonyl (C=O) groups excluding carboxylic acids is 2. The number of aromatic nitrogens is 2. The summed E-state index contributed by atoms with van der Waals surface area (Å²) in [5.41, 5.74) is 4.33. The highest BCUT2D eigenvalue weighted by atomic mass is 35.5. The number of hydrogen-bond acceptors (Lipinski definition) is 7. The molecule has 1 aromatic heterocycles. The molecule has 3 aromatic carbocycles. The molecule has 2 heterocycles. The number of fused-ring (bicyclic) bond motifs is 1. The number of benzene rings is 3. The molecule has 234 valence electrons. The van der Waals surface area contributed by atoms with Gasteiger partial charge in [0.05, 0.1) is 35.4 Å². The van der Waals surface area contributed by atoms with Crippen molar-refractivity contribution in [3.63, 3.8) is 0 Å². The van der Waals surface area contributed by atoms with E-state index in [4.69, 9.17) is 37.8 Å². The van der Waals surface area contributed by atoms with E-state index in [1.807, 2.05) is 49.5 Å². The fraction of sp³-hybridized carbons (Fsp3) is 0.250. The predicted octanol–water partition coefficient (Wildman–Crippen LogP) is 6.55. The van der Waals surface area contributed by atoms with Crippen molar-refractivity contribution in [3.05, 3.63) is 93.7 Å². The van der Waals surface area contributed by atoms with Crippen molar-refractivity contribution in [2.75, 3.05) is 37.0 Å². The van der Waals surface area contributed by atoms with Crippen molar-refractivity contribution in [2.45, 2.75) is 24.8 Å². The van der Waals surface area contributed by atoms with Gasteiger partial charge in [-0.2, -0.15) is 5.10 Å². The third-order valence-corrected chi connectivity index (χ3v) is 9.04. The highest BCUT2D eigenvalue weighted by Gasteiger charge is 2.27. The number of nitrogens with one attached hydrogen (secondary N) is 1. The van der Waals surface area contributed by atoms with E-state index in [-0.39, 0.29) is 36.8 Å². The van der Waals surface area contributed by atoms with Gasteiger partial charge in [0.25, 0.3) is 5.91 Å². The Morgan fingerprint density at radius 1 is 1.07 bits per heavy atom. The van der Waals surface area contributed by atoms with Gasteiger partial charge in [0.2, 0.25) is 0 Å². The fourth-order valence-corrected chi connectivity index (χ4v) is 6.37. The van der Waals surface area contributed by atoms with E-state index >= 15 is 0 Å². The van der Waals surface area contributed by atoms with Crippen LogP contribution in [0.15, 0.2) is 71.9 Å². The average Bonchev–Trinajstić information content (AvgIpc) is 3.49. The number of carboxylic acids is 1. The number of amides is 2. The molecule has 0 radical (unpaired) electrons. The molecule has 5 rings (SSSR count). The Balaban J connectivity index is 1.25. The number of aliphatic carboxylic acids is 1. The number of ether oxygens (including phenoxy) is 2. The Labute approximate surface area is 274 Å². The van der Waals surface area contributed by atoms with Crippen LogP contribution in [0.4, 0.5) is 10.5 Å². The summed E-state index contributed by atoms with van der Waals surface area (Å²) in [6.45, 7) is 2.98. The van der Waals surface area contributed by atoms with Crippen LogP contribution in [0.5, 0.6) is 5.75 Å². The van der Waals surface area contributed by atoms with Crippen molar-refractivity contribution in [1.29, 1.82) is 0 Å². The standard InChI is InChI=1S/C32H30Cl2N4O6S/c1-20-25(33)8-4-10-27(20)43-14-15-44-32(42)38-13-16-45-30-23(6-3-9-26(30)38)22-17-36-37(19-22)18-21-5-2-7-24(29(21)34)31(41)35-12-11-28(39)40/h2-10,17,19H,11-16,18H2,1H3,(H,35,41)(H,39,40). The quantitative estimate of drug-likeness (QED) is 0.173. The molecule has 45 heavy (non-hydrogen) atoms. The van der Waals surface area contributed by atoms with Crippen LogP contribution in [0.25, 0.3) is 11.1 Å². The summed E-state index contributed by atoms with van der Waals surface area (Å²) >= 11 is 14.4. The van der Waals surface area contributed by atoms with Gasteiger partial charge in [0.15, 0.2) is 0 Å². The minimum absolute atomic E-state index is 0.00388. The van der Waals surface area contributed by atoms with E-state index in [0.29, 0.717) is 35.2 Å². The molecule has 0 unspecified atom stereocenters. The van der Waals surface area contributed by atoms with Gasteiger partial charge in [0.1, 0.15) is 19.0 Å². The van der Waals surface area contributed by atoms with Crippen LogP contribution in [-0.4, -0.2) is 64.9 Å². The molecule has 10 nitrogen and oxygen atoms in total. The number of carbonyl (C=O) groups is 3. The lowest BCUT2D eigenvalue weighted by Crippen LogP contribution is -2.36. The number of halogens is 2. The van der Waals surface area contributed by atoms with Gasteiger partial charge in [0, 0.05) is 51.6 Å². The summed E-state index contributed by atoms with van der Waals surface area (Å²) in [4.78, 5) is 39.0. The molecular formula is C32H30Cl2N4O6S. The molecule has 0 spiro atoms. The summed E-state index contributed by atoms with van der Waals surface area (Å²) in [5, 5.41) is 16.8. The fourth-order valence-electron chi connectivity index (χ4n) is 4.79. The van der Waals surface area contributed by atoms with E-state index in [2.05, 4.69) is 10.4 Å². The molecule has 0 atom stereocenters. The Morgan fingerprint density at radius 3 is 2.69 bits per heavy atom. The minimum atomic E-state index is -0.999. The van der Waals surface area contributed by atoms with E-state index in [9.17, 15) is 14.4 Å². The van der Waals surface area contributed by atoms with Crippen LogP contribution in [0.1, 0.15) is 27.9 Å². The highest BCUT2D eigenvalue weighted by Crippen LogP contribution is 2.42. The molecule has 2 N–H and O–H groups in total. The van der Waals surface area contributed by atoms with Gasteiger partial charge in [-0.1, -0.05) is 53.5 Å². The number of rotatable bonds is 11. The maximum absolute atomic E-state index is 13.1. The monoisotopic (exact) mass is 668 g/mol. The summed E-state index contributed by atoms with van der Waals surface area (Å²) in [5.74, 6) is -0.0927. The van der Waals surface area contributed by atoms with E-state index in [1.165, 1.54) is 0 Å². The topological polar surface area (TPSA) is 123 Å². The Bertz CT molecular complexity index is 1730. The average molecular weight is 670 g/mol. The lowest BCUT2D eigenvalue weighted by atomic mass is 10.1. The van der Waals surface area contributed by atoms with Crippen molar-refractivity contribution in [2.24, 2.45) is 0 Å². The molecule has 0 bridgehead atoms. The van der Waals surface area contributed by atoms with Gasteiger partial charge < -0.3 is 19.9 Å². The van der Waals surface area contributed by atoms with Crippen molar-refractivity contribution >= 4 is 58.6 Å². The van der Waals surface area contributed by atoms with Crippen LogP contribution in [-0.2, 0) is 16.1 Å². The van der Waals surface area contributed by atoms with Crippen LogP contribution < -0.4 is 15.0 Å². The van der Waals surface area contributed by atoms with E-state index in [0.717, 1.165) is 27.3 Å². The van der Waals surface area contributed by atoms with Gasteiger partial charge >= 0.3 is 12.1 Å². The Morgan fingerprint density at radius 2 is 1.87 bits per heavy atom. The molecule has 4 aromatic rings. The third kappa shape index (κ3) is 7.73. The summed E-state index contributed by atoms with van der Waals surface area (Å²) in [7, 11) is 0. The predicted molar refractivity (Wildman–Crippen MR) is 174 cm³/mol. The van der Waals surface area contributed by atoms with Crippen LogP contribution in [0.3, 0.4) is 0 Å². The Kier molecular flexibility index (Phi) is 10.5. The molecule has 1 aliphatic rings. The maximum atomic E-state index is 13.1. The molecule has 0 saturated heterocycles. The van der Waals surface area contributed by atoms with Crippen LogP contribution in [0.2, 0.25) is 10.0 Å². The number of thioether (sulfide) groups is 1. The number of anilines is 1. The molecular weight excluding hydrogens is 639 g/mol. The summed E-state index contributed by atoms with van der Waals surface area (Å²) in [6.07, 6.45) is 3.01. The first kappa shape index (κ1) is 32.2. The number of carboxylic acid groups (broad SMARTS) is 1. The molecule has 1 aliphatic heterocycles. The minimum Gasteiger partial charge on any atom is -0.490 e. The number of nitrogens with zero attached hydrogens (tertiary/aromatic N) is 3. The molecule has 0 saturated carbocycles.